The number of pyridine rings is 1. The van der Waals surface area contributed by atoms with Gasteiger partial charge in [0.25, 0.3) is 0 Å². The second-order valence-electron chi connectivity index (χ2n) is 2.98. The summed E-state index contributed by atoms with van der Waals surface area (Å²) in [5.74, 6) is 0. The van der Waals surface area contributed by atoms with Gasteiger partial charge in [-0.25, -0.2) is 0 Å². The first kappa shape index (κ1) is 7.15. The SMILES string of the molecule is O=C1Cc2[nH]c3cccnc3c2S1. The Morgan fingerprint density at radius 1 is 1.54 bits per heavy atom. The molecule has 64 valence electrons. The van der Waals surface area contributed by atoms with E-state index in [1.54, 1.807) is 6.20 Å². The molecule has 0 fully saturated rings. The molecule has 1 aliphatic rings. The van der Waals surface area contributed by atoms with Gasteiger partial charge in [0.15, 0.2) is 5.12 Å². The minimum atomic E-state index is 0.203. The maximum Gasteiger partial charge on any atom is 0.199 e. The summed E-state index contributed by atoms with van der Waals surface area (Å²) in [6.07, 6.45) is 2.26. The lowest BCUT2D eigenvalue weighted by molar-refractivity contribution is -0.110. The van der Waals surface area contributed by atoms with Gasteiger partial charge in [0.1, 0.15) is 5.52 Å². The third-order valence-corrected chi connectivity index (χ3v) is 3.14. The smallest absolute Gasteiger partial charge is 0.199 e. The van der Waals surface area contributed by atoms with E-state index < -0.39 is 0 Å². The van der Waals surface area contributed by atoms with Gasteiger partial charge >= 0.3 is 0 Å². The molecule has 1 N–H and O–H groups in total. The number of H-pyrrole nitrogens is 1. The first-order valence-corrected chi connectivity index (χ1v) is 4.82. The molecule has 0 atom stereocenters. The van der Waals surface area contributed by atoms with E-state index in [0.717, 1.165) is 21.6 Å². The van der Waals surface area contributed by atoms with Crippen molar-refractivity contribution in [1.82, 2.24) is 9.97 Å². The highest BCUT2D eigenvalue weighted by atomic mass is 32.2. The molecule has 3 heterocycles. The van der Waals surface area contributed by atoms with Crippen molar-refractivity contribution in [3.8, 4) is 0 Å². The first-order chi connectivity index (χ1) is 6.34. The van der Waals surface area contributed by atoms with Crippen LogP contribution in [0.3, 0.4) is 0 Å². The Morgan fingerprint density at radius 2 is 2.46 bits per heavy atom. The summed E-state index contributed by atoms with van der Waals surface area (Å²) in [6, 6.07) is 3.87. The molecular formula is C9H6N2OS. The third-order valence-electron chi connectivity index (χ3n) is 2.12. The molecule has 0 spiro atoms. The van der Waals surface area contributed by atoms with Crippen LogP contribution in [-0.4, -0.2) is 15.1 Å². The Labute approximate surface area is 78.6 Å². The number of aromatic amines is 1. The zero-order valence-corrected chi connectivity index (χ0v) is 7.52. The van der Waals surface area contributed by atoms with E-state index >= 15 is 0 Å². The maximum atomic E-state index is 11.1. The van der Waals surface area contributed by atoms with Gasteiger partial charge in [-0.2, -0.15) is 0 Å². The van der Waals surface area contributed by atoms with Crippen molar-refractivity contribution in [2.75, 3.05) is 0 Å². The zero-order valence-electron chi connectivity index (χ0n) is 6.70. The number of thioether (sulfide) groups is 1. The van der Waals surface area contributed by atoms with Crippen LogP contribution in [0.4, 0.5) is 0 Å². The van der Waals surface area contributed by atoms with E-state index in [1.165, 1.54) is 11.8 Å². The molecule has 0 aromatic carbocycles. The third kappa shape index (κ3) is 0.920. The number of carbonyl (C=O) groups is 1. The van der Waals surface area contributed by atoms with Crippen molar-refractivity contribution >= 4 is 27.9 Å². The molecule has 0 radical (unpaired) electrons. The van der Waals surface area contributed by atoms with Crippen molar-refractivity contribution < 1.29 is 4.79 Å². The van der Waals surface area contributed by atoms with Crippen LogP contribution in [0.15, 0.2) is 23.2 Å². The van der Waals surface area contributed by atoms with Crippen molar-refractivity contribution in [3.63, 3.8) is 0 Å². The molecule has 0 amide bonds. The number of nitrogens with zero attached hydrogens (tertiary/aromatic N) is 1. The number of rotatable bonds is 0. The number of fused-ring (bicyclic) bond motifs is 3. The van der Waals surface area contributed by atoms with Gasteiger partial charge < -0.3 is 4.98 Å². The van der Waals surface area contributed by atoms with E-state index in [2.05, 4.69) is 9.97 Å². The van der Waals surface area contributed by atoms with Crippen LogP contribution in [-0.2, 0) is 11.2 Å². The molecule has 0 bridgehead atoms. The monoisotopic (exact) mass is 190 g/mol. The Bertz CT molecular complexity index is 503. The van der Waals surface area contributed by atoms with Crippen molar-refractivity contribution in [3.05, 3.63) is 24.0 Å². The highest BCUT2D eigenvalue weighted by molar-refractivity contribution is 8.14. The Hall–Kier alpha value is -1.29. The van der Waals surface area contributed by atoms with Crippen molar-refractivity contribution in [2.45, 2.75) is 11.3 Å². The van der Waals surface area contributed by atoms with Crippen LogP contribution in [0.2, 0.25) is 0 Å². The molecule has 1 aliphatic heterocycles. The lowest BCUT2D eigenvalue weighted by Crippen LogP contribution is -1.88. The summed E-state index contributed by atoms with van der Waals surface area (Å²) >= 11 is 1.29. The minimum Gasteiger partial charge on any atom is -0.356 e. The van der Waals surface area contributed by atoms with Gasteiger partial charge in [-0.05, 0) is 23.9 Å². The number of nitrogens with one attached hydrogen (secondary N) is 1. The molecule has 13 heavy (non-hydrogen) atoms. The molecule has 0 saturated carbocycles. The highest BCUT2D eigenvalue weighted by Crippen LogP contribution is 2.37. The lowest BCUT2D eigenvalue weighted by Gasteiger charge is -1.89. The molecule has 0 aliphatic carbocycles. The second-order valence-corrected chi connectivity index (χ2v) is 4.05. The van der Waals surface area contributed by atoms with Crippen LogP contribution in [0.5, 0.6) is 0 Å². The number of hydrogen-bond acceptors (Lipinski definition) is 3. The molecule has 0 saturated heterocycles. The van der Waals surface area contributed by atoms with Gasteiger partial charge in [-0.15, -0.1) is 0 Å². The Morgan fingerprint density at radius 3 is 3.38 bits per heavy atom. The molecule has 3 rings (SSSR count). The lowest BCUT2D eigenvalue weighted by atomic mass is 10.3. The fourth-order valence-corrected chi connectivity index (χ4v) is 2.53. The average molecular weight is 190 g/mol. The first-order valence-electron chi connectivity index (χ1n) is 4.01. The molecule has 3 nitrogen and oxygen atoms in total. The predicted molar refractivity (Wildman–Crippen MR) is 50.7 cm³/mol. The fourth-order valence-electron chi connectivity index (χ4n) is 1.58. The van der Waals surface area contributed by atoms with Crippen LogP contribution >= 0.6 is 11.8 Å². The number of carbonyl (C=O) groups excluding carboxylic acids is 1. The van der Waals surface area contributed by atoms with E-state index in [0.29, 0.717) is 6.42 Å². The van der Waals surface area contributed by atoms with Gasteiger partial charge in [0, 0.05) is 11.9 Å². The fraction of sp³-hybridized carbons (Fsp3) is 0.111. The van der Waals surface area contributed by atoms with E-state index in [9.17, 15) is 4.79 Å². The van der Waals surface area contributed by atoms with Gasteiger partial charge in [0.05, 0.1) is 16.8 Å². The van der Waals surface area contributed by atoms with Crippen molar-refractivity contribution in [1.29, 1.82) is 0 Å². The topological polar surface area (TPSA) is 45.8 Å². The summed E-state index contributed by atoms with van der Waals surface area (Å²) < 4.78 is 0. The summed E-state index contributed by atoms with van der Waals surface area (Å²) in [4.78, 5) is 19.6. The van der Waals surface area contributed by atoms with Gasteiger partial charge in [0.2, 0.25) is 0 Å². The van der Waals surface area contributed by atoms with Gasteiger partial charge in [-0.1, -0.05) is 0 Å². The predicted octanol–water partition coefficient (Wildman–Crippen LogP) is 1.74. The molecule has 2 aromatic heterocycles. The van der Waals surface area contributed by atoms with Crippen LogP contribution < -0.4 is 0 Å². The van der Waals surface area contributed by atoms with E-state index in [1.807, 2.05) is 12.1 Å². The van der Waals surface area contributed by atoms with E-state index in [4.69, 9.17) is 0 Å². The normalized spacial score (nSPS) is 15.2. The molecule has 0 unspecified atom stereocenters. The standard InChI is InChI=1S/C9H6N2OS/c12-7-4-6-9(13-7)8-5(11-6)2-1-3-10-8/h1-3,11H,4H2. The van der Waals surface area contributed by atoms with Crippen LogP contribution in [0.25, 0.3) is 11.0 Å². The average Bonchev–Trinajstić information content (AvgIpc) is 2.60. The Kier molecular flexibility index (Phi) is 1.29. The molecular weight excluding hydrogens is 184 g/mol. The number of aromatic nitrogens is 2. The maximum absolute atomic E-state index is 11.1. The van der Waals surface area contributed by atoms with E-state index in [-0.39, 0.29) is 5.12 Å². The second kappa shape index (κ2) is 2.35. The van der Waals surface area contributed by atoms with Crippen molar-refractivity contribution in [2.24, 2.45) is 0 Å². The largest absolute Gasteiger partial charge is 0.356 e. The van der Waals surface area contributed by atoms with Crippen LogP contribution in [0.1, 0.15) is 5.69 Å². The highest BCUT2D eigenvalue weighted by Gasteiger charge is 2.24. The summed E-state index contributed by atoms with van der Waals surface area (Å²) in [5.41, 5.74) is 2.96. The summed E-state index contributed by atoms with van der Waals surface area (Å²) in [7, 11) is 0. The summed E-state index contributed by atoms with van der Waals surface area (Å²) in [5, 5.41) is 0.203. The Balaban J connectivity index is 2.37. The number of hydrogen-bond donors (Lipinski definition) is 1. The quantitative estimate of drug-likeness (QED) is 0.688. The summed E-state index contributed by atoms with van der Waals surface area (Å²) in [6.45, 7) is 0. The van der Waals surface area contributed by atoms with Gasteiger partial charge in [-0.3, -0.25) is 9.78 Å². The van der Waals surface area contributed by atoms with Crippen LogP contribution in [0, 0.1) is 0 Å². The minimum absolute atomic E-state index is 0.203. The molecule has 2 aromatic rings. The zero-order chi connectivity index (χ0) is 8.84. The molecule has 4 heteroatoms.